The number of nitrogens with one attached hydrogen (secondary N) is 2. The SMILES string of the molecule is COc1cccc(C(=O)NCC(=O)Nc2cc(Cl)ccc2OC)c1. The minimum absolute atomic E-state index is 0.189. The van der Waals surface area contributed by atoms with Crippen LogP contribution in [0, 0.1) is 0 Å². The monoisotopic (exact) mass is 348 g/mol. The van der Waals surface area contributed by atoms with E-state index in [4.69, 9.17) is 21.1 Å². The summed E-state index contributed by atoms with van der Waals surface area (Å²) in [6, 6.07) is 11.5. The van der Waals surface area contributed by atoms with Gasteiger partial charge in [-0.3, -0.25) is 9.59 Å². The number of hydrogen-bond donors (Lipinski definition) is 2. The second-order valence-corrected chi connectivity index (χ2v) is 5.24. The van der Waals surface area contributed by atoms with Gasteiger partial charge in [-0.1, -0.05) is 17.7 Å². The molecule has 6 nitrogen and oxygen atoms in total. The summed E-state index contributed by atoms with van der Waals surface area (Å²) in [6.45, 7) is -0.189. The first-order valence-corrected chi connectivity index (χ1v) is 7.47. The molecule has 0 aliphatic heterocycles. The molecule has 0 atom stereocenters. The fraction of sp³-hybridized carbons (Fsp3) is 0.176. The molecule has 2 amide bonds. The highest BCUT2D eigenvalue weighted by molar-refractivity contribution is 6.31. The summed E-state index contributed by atoms with van der Waals surface area (Å²) < 4.78 is 10.2. The van der Waals surface area contributed by atoms with Crippen LogP contribution < -0.4 is 20.1 Å². The molecule has 0 aromatic heterocycles. The van der Waals surface area contributed by atoms with Crippen molar-refractivity contribution < 1.29 is 19.1 Å². The van der Waals surface area contributed by atoms with Crippen LogP contribution in [0.5, 0.6) is 11.5 Å². The predicted molar refractivity (Wildman–Crippen MR) is 92.0 cm³/mol. The Morgan fingerprint density at radius 2 is 1.88 bits per heavy atom. The smallest absolute Gasteiger partial charge is 0.251 e. The van der Waals surface area contributed by atoms with Crippen LogP contribution in [0.15, 0.2) is 42.5 Å². The lowest BCUT2D eigenvalue weighted by Gasteiger charge is -2.11. The van der Waals surface area contributed by atoms with E-state index < -0.39 is 5.91 Å². The highest BCUT2D eigenvalue weighted by Crippen LogP contribution is 2.27. The number of anilines is 1. The number of carbonyl (C=O) groups excluding carboxylic acids is 2. The van der Waals surface area contributed by atoms with Crippen molar-refractivity contribution in [1.82, 2.24) is 5.32 Å². The van der Waals surface area contributed by atoms with Crippen molar-refractivity contribution in [1.29, 1.82) is 0 Å². The second-order valence-electron chi connectivity index (χ2n) is 4.81. The van der Waals surface area contributed by atoms with E-state index in [-0.39, 0.29) is 12.5 Å². The van der Waals surface area contributed by atoms with Crippen molar-refractivity contribution in [3.05, 3.63) is 53.1 Å². The summed E-state index contributed by atoms with van der Waals surface area (Å²) in [6.07, 6.45) is 0. The van der Waals surface area contributed by atoms with E-state index in [0.29, 0.717) is 27.8 Å². The van der Waals surface area contributed by atoms with E-state index in [1.54, 1.807) is 42.5 Å². The number of benzene rings is 2. The number of hydrogen-bond acceptors (Lipinski definition) is 4. The Morgan fingerprint density at radius 1 is 1.08 bits per heavy atom. The molecule has 0 aliphatic rings. The molecular weight excluding hydrogens is 332 g/mol. The van der Waals surface area contributed by atoms with Gasteiger partial charge in [0.05, 0.1) is 26.5 Å². The van der Waals surface area contributed by atoms with Crippen molar-refractivity contribution in [3.63, 3.8) is 0 Å². The molecule has 0 aliphatic carbocycles. The maximum Gasteiger partial charge on any atom is 0.251 e. The zero-order chi connectivity index (χ0) is 17.5. The molecule has 126 valence electrons. The molecular formula is C17H17ClN2O4. The highest BCUT2D eigenvalue weighted by atomic mass is 35.5. The maximum atomic E-state index is 12.1. The van der Waals surface area contributed by atoms with Crippen LogP contribution in [0.25, 0.3) is 0 Å². The largest absolute Gasteiger partial charge is 0.497 e. The fourth-order valence-electron chi connectivity index (χ4n) is 2.00. The third-order valence-electron chi connectivity index (χ3n) is 3.18. The van der Waals surface area contributed by atoms with Gasteiger partial charge in [-0.05, 0) is 36.4 Å². The number of methoxy groups -OCH3 is 2. The average Bonchev–Trinajstić information content (AvgIpc) is 2.60. The second kappa shape index (κ2) is 8.21. The molecule has 0 spiro atoms. The Morgan fingerprint density at radius 3 is 2.58 bits per heavy atom. The standard InChI is InChI=1S/C17H17ClN2O4/c1-23-13-5-3-4-11(8-13)17(22)19-10-16(21)20-14-9-12(18)6-7-15(14)24-2/h3-9H,10H2,1-2H3,(H,19,22)(H,20,21). The third kappa shape index (κ3) is 4.63. The quantitative estimate of drug-likeness (QED) is 0.841. The van der Waals surface area contributed by atoms with Crippen molar-refractivity contribution in [2.24, 2.45) is 0 Å². The third-order valence-corrected chi connectivity index (χ3v) is 3.41. The molecule has 2 aromatic carbocycles. The number of halogens is 1. The minimum atomic E-state index is -0.396. The van der Waals surface area contributed by atoms with E-state index in [1.165, 1.54) is 14.2 Å². The van der Waals surface area contributed by atoms with E-state index in [9.17, 15) is 9.59 Å². The Bertz CT molecular complexity index is 749. The lowest BCUT2D eigenvalue weighted by Crippen LogP contribution is -2.32. The first-order valence-electron chi connectivity index (χ1n) is 7.09. The van der Waals surface area contributed by atoms with Crippen molar-refractivity contribution in [2.75, 3.05) is 26.1 Å². The molecule has 7 heteroatoms. The number of rotatable bonds is 6. The van der Waals surface area contributed by atoms with Crippen LogP contribution in [-0.2, 0) is 4.79 Å². The summed E-state index contributed by atoms with van der Waals surface area (Å²) in [5.74, 6) is 0.275. The van der Waals surface area contributed by atoms with Gasteiger partial charge < -0.3 is 20.1 Å². The highest BCUT2D eigenvalue weighted by Gasteiger charge is 2.11. The summed E-state index contributed by atoms with van der Waals surface area (Å²) in [4.78, 5) is 24.1. The Kier molecular flexibility index (Phi) is 6.03. The van der Waals surface area contributed by atoms with E-state index >= 15 is 0 Å². The molecule has 0 saturated heterocycles. The van der Waals surface area contributed by atoms with E-state index in [2.05, 4.69) is 10.6 Å². The van der Waals surface area contributed by atoms with Crippen molar-refractivity contribution >= 4 is 29.1 Å². The number of amides is 2. The topological polar surface area (TPSA) is 76.7 Å². The Labute approximate surface area is 144 Å². The Hall–Kier alpha value is -2.73. The molecule has 0 unspecified atom stereocenters. The van der Waals surface area contributed by atoms with Gasteiger partial charge in [0.2, 0.25) is 5.91 Å². The first kappa shape index (κ1) is 17.6. The summed E-state index contributed by atoms with van der Waals surface area (Å²) in [7, 11) is 3.01. The fourth-order valence-corrected chi connectivity index (χ4v) is 2.17. The Balaban J connectivity index is 1.95. The van der Waals surface area contributed by atoms with E-state index in [1.807, 2.05) is 0 Å². The predicted octanol–water partition coefficient (Wildman–Crippen LogP) is 2.73. The number of carbonyl (C=O) groups is 2. The van der Waals surface area contributed by atoms with Gasteiger partial charge in [-0.2, -0.15) is 0 Å². The molecule has 0 radical (unpaired) electrons. The molecule has 0 heterocycles. The van der Waals surface area contributed by atoms with Gasteiger partial charge in [0.15, 0.2) is 0 Å². The van der Waals surface area contributed by atoms with Crippen LogP contribution in [0.3, 0.4) is 0 Å². The molecule has 0 saturated carbocycles. The first-order chi connectivity index (χ1) is 11.5. The summed E-state index contributed by atoms with van der Waals surface area (Å²) >= 11 is 5.90. The molecule has 0 bridgehead atoms. The van der Waals surface area contributed by atoms with Gasteiger partial charge in [0, 0.05) is 10.6 Å². The molecule has 2 N–H and O–H groups in total. The van der Waals surface area contributed by atoms with Crippen LogP contribution in [0.4, 0.5) is 5.69 Å². The van der Waals surface area contributed by atoms with Crippen molar-refractivity contribution in [3.8, 4) is 11.5 Å². The lowest BCUT2D eigenvalue weighted by atomic mass is 10.2. The molecule has 2 rings (SSSR count). The van der Waals surface area contributed by atoms with Gasteiger partial charge >= 0.3 is 0 Å². The maximum absolute atomic E-state index is 12.1. The minimum Gasteiger partial charge on any atom is -0.497 e. The molecule has 24 heavy (non-hydrogen) atoms. The lowest BCUT2D eigenvalue weighted by molar-refractivity contribution is -0.115. The van der Waals surface area contributed by atoms with Gasteiger partial charge in [0.25, 0.3) is 5.91 Å². The number of ether oxygens (including phenoxy) is 2. The van der Waals surface area contributed by atoms with Crippen LogP contribution in [0.1, 0.15) is 10.4 Å². The van der Waals surface area contributed by atoms with Crippen LogP contribution in [0.2, 0.25) is 5.02 Å². The summed E-state index contributed by atoms with van der Waals surface area (Å²) in [5.41, 5.74) is 0.841. The van der Waals surface area contributed by atoms with E-state index in [0.717, 1.165) is 0 Å². The summed E-state index contributed by atoms with van der Waals surface area (Å²) in [5, 5.41) is 5.65. The zero-order valence-corrected chi connectivity index (χ0v) is 14.0. The van der Waals surface area contributed by atoms with Gasteiger partial charge in [-0.25, -0.2) is 0 Å². The zero-order valence-electron chi connectivity index (χ0n) is 13.3. The molecule has 0 fully saturated rings. The van der Waals surface area contributed by atoms with Crippen LogP contribution in [-0.4, -0.2) is 32.6 Å². The average molecular weight is 349 g/mol. The normalized spacial score (nSPS) is 9.96. The van der Waals surface area contributed by atoms with Gasteiger partial charge in [0.1, 0.15) is 11.5 Å². The molecule has 2 aromatic rings. The van der Waals surface area contributed by atoms with Crippen LogP contribution >= 0.6 is 11.6 Å². The van der Waals surface area contributed by atoms with Crippen molar-refractivity contribution in [2.45, 2.75) is 0 Å². The van der Waals surface area contributed by atoms with Gasteiger partial charge in [-0.15, -0.1) is 0 Å².